The van der Waals surface area contributed by atoms with Gasteiger partial charge in [-0.05, 0) is 12.1 Å². The van der Waals surface area contributed by atoms with Gasteiger partial charge in [0, 0.05) is 43.8 Å². The minimum atomic E-state index is -0.413. The van der Waals surface area contributed by atoms with Crippen molar-refractivity contribution in [2.45, 2.75) is 12.8 Å². The lowest BCUT2D eigenvalue weighted by atomic mass is 10.1. The summed E-state index contributed by atoms with van der Waals surface area (Å²) in [5.41, 5.74) is 1.04. The number of carbonyl (C=O) groups is 1. The normalized spacial score (nSPS) is 14.7. The first kappa shape index (κ1) is 13.9. The van der Waals surface area contributed by atoms with Gasteiger partial charge in [-0.1, -0.05) is 0 Å². The van der Waals surface area contributed by atoms with Crippen LogP contribution in [0.3, 0.4) is 0 Å². The number of piperidine rings is 1. The highest BCUT2D eigenvalue weighted by Gasteiger charge is 2.16. The molecule has 0 aromatic heterocycles. The number of anilines is 1. The lowest BCUT2D eigenvalue weighted by Gasteiger charge is -2.27. The largest absolute Gasteiger partial charge is 0.371 e. The van der Waals surface area contributed by atoms with Gasteiger partial charge < -0.3 is 4.90 Å². The molecule has 1 aliphatic rings. The van der Waals surface area contributed by atoms with Crippen LogP contribution in [0.5, 0.6) is 0 Å². The second-order valence-electron chi connectivity index (χ2n) is 3.80. The lowest BCUT2D eigenvalue weighted by Crippen LogP contribution is -2.33. The van der Waals surface area contributed by atoms with Gasteiger partial charge in [-0.2, -0.15) is 0 Å². The maximum Gasteiger partial charge on any atom is 0.269 e. The van der Waals surface area contributed by atoms with Gasteiger partial charge >= 0.3 is 0 Å². The maximum atomic E-state index is 11.1. The average Bonchev–Trinajstić information content (AvgIpc) is 2.42. The highest BCUT2D eigenvalue weighted by molar-refractivity contribution is 5.81. The molecule has 0 radical (unpaired) electrons. The van der Waals surface area contributed by atoms with Gasteiger partial charge in [-0.15, -0.1) is 13.2 Å². The Labute approximate surface area is 106 Å². The number of nitro groups is 1. The summed E-state index contributed by atoms with van der Waals surface area (Å²) in [4.78, 5) is 23.2. The van der Waals surface area contributed by atoms with Gasteiger partial charge in [-0.3, -0.25) is 14.9 Å². The maximum absolute atomic E-state index is 11.1. The molecule has 5 nitrogen and oxygen atoms in total. The molecule has 1 aromatic rings. The van der Waals surface area contributed by atoms with Crippen molar-refractivity contribution in [1.82, 2.24) is 0 Å². The Morgan fingerprint density at radius 1 is 1.11 bits per heavy atom. The lowest BCUT2D eigenvalue weighted by molar-refractivity contribution is -0.384. The smallest absolute Gasteiger partial charge is 0.269 e. The van der Waals surface area contributed by atoms with Crippen LogP contribution in [0.1, 0.15) is 12.8 Å². The Morgan fingerprint density at radius 3 is 2.06 bits per heavy atom. The van der Waals surface area contributed by atoms with Crippen molar-refractivity contribution in [2.24, 2.45) is 0 Å². The zero-order valence-electron chi connectivity index (χ0n) is 10.2. The topological polar surface area (TPSA) is 63.5 Å². The molecule has 1 aliphatic heterocycles. The molecular weight excluding hydrogens is 232 g/mol. The molecule has 1 heterocycles. The van der Waals surface area contributed by atoms with Crippen LogP contribution in [-0.4, -0.2) is 23.8 Å². The summed E-state index contributed by atoms with van der Waals surface area (Å²) in [5.74, 6) is 0.290. The van der Waals surface area contributed by atoms with Gasteiger partial charge in [0.15, 0.2) is 0 Å². The second kappa shape index (κ2) is 6.54. The quantitative estimate of drug-likeness (QED) is 0.458. The molecule has 2 rings (SSSR count). The number of non-ortho nitro benzene ring substituents is 1. The summed E-state index contributed by atoms with van der Waals surface area (Å²) in [6, 6.07) is 6.44. The SMILES string of the molecule is C=C.O=C1CCN(c2ccc([N+](=O)[O-])cc2)CC1. The van der Waals surface area contributed by atoms with Crippen LogP contribution in [0.25, 0.3) is 0 Å². The molecule has 0 spiro atoms. The van der Waals surface area contributed by atoms with E-state index >= 15 is 0 Å². The number of ketones is 1. The molecular formula is C13H16N2O3. The highest BCUT2D eigenvalue weighted by Crippen LogP contribution is 2.21. The summed E-state index contributed by atoms with van der Waals surface area (Å²) >= 11 is 0. The van der Waals surface area contributed by atoms with E-state index in [0.29, 0.717) is 25.9 Å². The van der Waals surface area contributed by atoms with Crippen LogP contribution in [0.4, 0.5) is 11.4 Å². The second-order valence-corrected chi connectivity index (χ2v) is 3.80. The van der Waals surface area contributed by atoms with E-state index in [1.54, 1.807) is 12.1 Å². The van der Waals surface area contributed by atoms with Crippen molar-refractivity contribution in [3.05, 3.63) is 47.5 Å². The molecule has 0 saturated carbocycles. The zero-order valence-corrected chi connectivity index (χ0v) is 10.2. The molecule has 0 amide bonds. The number of hydrogen-bond donors (Lipinski definition) is 0. The van der Waals surface area contributed by atoms with Crippen molar-refractivity contribution in [3.8, 4) is 0 Å². The number of rotatable bonds is 2. The van der Waals surface area contributed by atoms with Crippen LogP contribution in [0, 0.1) is 10.1 Å². The Morgan fingerprint density at radius 2 is 1.61 bits per heavy atom. The van der Waals surface area contributed by atoms with Gasteiger partial charge in [0.05, 0.1) is 4.92 Å². The van der Waals surface area contributed by atoms with E-state index < -0.39 is 4.92 Å². The summed E-state index contributed by atoms with van der Waals surface area (Å²) < 4.78 is 0. The molecule has 0 aliphatic carbocycles. The minimum Gasteiger partial charge on any atom is -0.371 e. The van der Waals surface area contributed by atoms with Crippen LogP contribution in [0.15, 0.2) is 37.4 Å². The molecule has 0 bridgehead atoms. The van der Waals surface area contributed by atoms with Crippen molar-refractivity contribution < 1.29 is 9.72 Å². The van der Waals surface area contributed by atoms with Crippen LogP contribution < -0.4 is 4.90 Å². The Hall–Kier alpha value is -2.17. The third kappa shape index (κ3) is 3.41. The highest BCUT2D eigenvalue weighted by atomic mass is 16.6. The van der Waals surface area contributed by atoms with Gasteiger partial charge in [0.1, 0.15) is 5.78 Å². The molecule has 1 saturated heterocycles. The molecule has 5 heteroatoms. The van der Waals surface area contributed by atoms with E-state index in [9.17, 15) is 14.9 Å². The third-order valence-electron chi connectivity index (χ3n) is 2.75. The van der Waals surface area contributed by atoms with Gasteiger partial charge in [-0.25, -0.2) is 0 Å². The van der Waals surface area contributed by atoms with Crippen molar-refractivity contribution in [3.63, 3.8) is 0 Å². The third-order valence-corrected chi connectivity index (χ3v) is 2.75. The Bertz CT molecular complexity index is 418. The molecule has 18 heavy (non-hydrogen) atoms. The average molecular weight is 248 g/mol. The molecule has 0 unspecified atom stereocenters. The first-order valence-electron chi connectivity index (χ1n) is 5.68. The predicted octanol–water partition coefficient (Wildman–Crippen LogP) is 2.57. The Balaban J connectivity index is 0.000000771. The van der Waals surface area contributed by atoms with Crippen LogP contribution in [0.2, 0.25) is 0 Å². The fourth-order valence-electron chi connectivity index (χ4n) is 1.80. The monoisotopic (exact) mass is 248 g/mol. The van der Waals surface area contributed by atoms with Crippen molar-refractivity contribution in [2.75, 3.05) is 18.0 Å². The first-order valence-corrected chi connectivity index (χ1v) is 5.68. The van der Waals surface area contributed by atoms with E-state index in [1.165, 1.54) is 12.1 Å². The summed E-state index contributed by atoms with van der Waals surface area (Å²) in [5, 5.41) is 10.5. The summed E-state index contributed by atoms with van der Waals surface area (Å²) in [6.07, 6.45) is 1.13. The number of Topliss-reactive ketones (excluding diaryl/α,β-unsaturated/α-hetero) is 1. The summed E-state index contributed by atoms with van der Waals surface area (Å²) in [6.45, 7) is 7.41. The molecule has 0 atom stereocenters. The van der Waals surface area contributed by atoms with Crippen LogP contribution >= 0.6 is 0 Å². The summed E-state index contributed by atoms with van der Waals surface area (Å²) in [7, 11) is 0. The molecule has 1 fully saturated rings. The Kier molecular flexibility index (Phi) is 5.05. The number of nitrogens with zero attached hydrogens (tertiary/aromatic N) is 2. The van der Waals surface area contributed by atoms with E-state index in [1.807, 2.05) is 0 Å². The molecule has 1 aromatic carbocycles. The van der Waals surface area contributed by atoms with Gasteiger partial charge in [0.25, 0.3) is 5.69 Å². The zero-order chi connectivity index (χ0) is 13.5. The number of carbonyl (C=O) groups excluding carboxylic acids is 1. The first-order chi connectivity index (χ1) is 8.66. The fourth-order valence-corrected chi connectivity index (χ4v) is 1.80. The predicted molar refractivity (Wildman–Crippen MR) is 70.8 cm³/mol. The standard InChI is InChI=1S/C11H12N2O3.C2H4/c14-11-5-7-12(8-6-11)9-1-3-10(4-2-9)13(15)16;1-2/h1-4H,5-8H2;1-2H2. The van der Waals surface area contributed by atoms with E-state index in [0.717, 1.165) is 5.69 Å². The number of hydrogen-bond acceptors (Lipinski definition) is 4. The number of benzene rings is 1. The van der Waals surface area contributed by atoms with E-state index in [-0.39, 0.29) is 11.5 Å². The number of nitro benzene ring substituents is 1. The van der Waals surface area contributed by atoms with E-state index in [2.05, 4.69) is 18.1 Å². The minimum absolute atomic E-state index is 0.0943. The van der Waals surface area contributed by atoms with Crippen LogP contribution in [-0.2, 0) is 4.79 Å². The van der Waals surface area contributed by atoms with Gasteiger partial charge in [0.2, 0.25) is 0 Å². The van der Waals surface area contributed by atoms with Crippen molar-refractivity contribution >= 4 is 17.2 Å². The van der Waals surface area contributed by atoms with E-state index in [4.69, 9.17) is 0 Å². The van der Waals surface area contributed by atoms with Crippen molar-refractivity contribution in [1.29, 1.82) is 0 Å². The molecule has 96 valence electrons. The molecule has 0 N–H and O–H groups in total. The fraction of sp³-hybridized carbons (Fsp3) is 0.308.